The number of carbonyl (C=O) groups is 1. The van der Waals surface area contributed by atoms with Gasteiger partial charge in [0.1, 0.15) is 35.4 Å². The van der Waals surface area contributed by atoms with Crippen LogP contribution in [0.2, 0.25) is 0 Å². The molecule has 1 aliphatic rings. The third kappa shape index (κ3) is 4.02. The Kier molecular flexibility index (Phi) is 6.07. The van der Waals surface area contributed by atoms with Crippen LogP contribution in [-0.2, 0) is 4.79 Å². The summed E-state index contributed by atoms with van der Waals surface area (Å²) in [6.45, 7) is 1.82. The Morgan fingerprint density at radius 2 is 1.64 bits per heavy atom. The number of benzene rings is 2. The first-order valence-electron chi connectivity index (χ1n) is 10.1. The molecule has 2 aromatic carbocycles. The summed E-state index contributed by atoms with van der Waals surface area (Å²) >= 11 is 0. The number of carbonyl (C=O) groups excluding carboxylic acids is 1. The first-order valence-corrected chi connectivity index (χ1v) is 10.1. The van der Waals surface area contributed by atoms with E-state index in [1.165, 1.54) is 13.4 Å². The van der Waals surface area contributed by atoms with Gasteiger partial charge in [-0.05, 0) is 31.2 Å². The SMILES string of the molecule is COc1ccc(NC(=O)C2=C(C)Nc3ncnn3[C@H]2c2ccc(OC)cc2OC)c(OC)c1. The number of ether oxygens (including phenoxy) is 4. The van der Waals surface area contributed by atoms with E-state index in [9.17, 15) is 4.79 Å². The molecule has 1 aromatic heterocycles. The molecule has 0 radical (unpaired) electrons. The van der Waals surface area contributed by atoms with Crippen LogP contribution in [0.25, 0.3) is 0 Å². The molecule has 2 heterocycles. The number of nitrogens with zero attached hydrogens (tertiary/aromatic N) is 3. The lowest BCUT2D eigenvalue weighted by molar-refractivity contribution is -0.113. The van der Waals surface area contributed by atoms with Crippen LogP contribution in [0.3, 0.4) is 0 Å². The van der Waals surface area contributed by atoms with Crippen molar-refractivity contribution < 1.29 is 23.7 Å². The van der Waals surface area contributed by atoms with Gasteiger partial charge in [-0.1, -0.05) is 0 Å². The average Bonchev–Trinajstić information content (AvgIpc) is 3.30. The summed E-state index contributed by atoms with van der Waals surface area (Å²) in [4.78, 5) is 17.9. The van der Waals surface area contributed by atoms with E-state index >= 15 is 0 Å². The van der Waals surface area contributed by atoms with E-state index in [-0.39, 0.29) is 5.91 Å². The summed E-state index contributed by atoms with van der Waals surface area (Å²) in [5, 5.41) is 10.5. The molecule has 1 amide bonds. The zero-order valence-electron chi connectivity index (χ0n) is 19.0. The van der Waals surface area contributed by atoms with Gasteiger partial charge in [0.05, 0.1) is 39.7 Å². The lowest BCUT2D eigenvalue weighted by Crippen LogP contribution is -2.31. The van der Waals surface area contributed by atoms with Crippen LogP contribution in [0.15, 0.2) is 54.0 Å². The highest BCUT2D eigenvalue weighted by molar-refractivity contribution is 6.06. The van der Waals surface area contributed by atoms with Crippen LogP contribution in [0.1, 0.15) is 18.5 Å². The van der Waals surface area contributed by atoms with Gasteiger partial charge >= 0.3 is 0 Å². The van der Waals surface area contributed by atoms with Gasteiger partial charge in [0.25, 0.3) is 5.91 Å². The number of nitrogens with one attached hydrogen (secondary N) is 2. The molecule has 0 fully saturated rings. The minimum Gasteiger partial charge on any atom is -0.497 e. The molecule has 1 aliphatic heterocycles. The van der Waals surface area contributed by atoms with Crippen molar-refractivity contribution in [3.8, 4) is 23.0 Å². The molecule has 33 heavy (non-hydrogen) atoms. The zero-order valence-corrected chi connectivity index (χ0v) is 19.0. The fourth-order valence-electron chi connectivity index (χ4n) is 3.81. The Hall–Kier alpha value is -4.21. The molecule has 3 aromatic rings. The second-order valence-electron chi connectivity index (χ2n) is 7.22. The second kappa shape index (κ2) is 9.11. The monoisotopic (exact) mass is 451 g/mol. The largest absolute Gasteiger partial charge is 0.497 e. The molecule has 4 rings (SSSR count). The Morgan fingerprint density at radius 3 is 2.30 bits per heavy atom. The highest BCUT2D eigenvalue weighted by Crippen LogP contribution is 2.41. The molecule has 2 N–H and O–H groups in total. The van der Waals surface area contributed by atoms with E-state index in [0.717, 1.165) is 5.56 Å². The molecule has 0 bridgehead atoms. The Bertz CT molecular complexity index is 1220. The summed E-state index contributed by atoms with van der Waals surface area (Å²) in [5.41, 5.74) is 2.34. The van der Waals surface area contributed by atoms with Crippen LogP contribution in [0.5, 0.6) is 23.0 Å². The van der Waals surface area contributed by atoms with Crippen molar-refractivity contribution in [2.45, 2.75) is 13.0 Å². The fourth-order valence-corrected chi connectivity index (χ4v) is 3.81. The maximum absolute atomic E-state index is 13.6. The van der Waals surface area contributed by atoms with E-state index in [4.69, 9.17) is 18.9 Å². The predicted octanol–water partition coefficient (Wildman–Crippen LogP) is 3.24. The number of aromatic nitrogens is 3. The zero-order chi connectivity index (χ0) is 23.5. The van der Waals surface area contributed by atoms with E-state index in [1.807, 2.05) is 19.1 Å². The second-order valence-corrected chi connectivity index (χ2v) is 7.22. The third-order valence-electron chi connectivity index (χ3n) is 5.43. The minimum absolute atomic E-state index is 0.326. The highest BCUT2D eigenvalue weighted by atomic mass is 16.5. The third-order valence-corrected chi connectivity index (χ3v) is 5.43. The summed E-state index contributed by atoms with van der Waals surface area (Å²) in [7, 11) is 6.25. The van der Waals surface area contributed by atoms with Gasteiger partial charge in [0.2, 0.25) is 5.95 Å². The number of rotatable bonds is 7. The molecule has 0 unspecified atom stereocenters. The number of hydrogen-bond donors (Lipinski definition) is 2. The molecular weight excluding hydrogens is 426 g/mol. The summed E-state index contributed by atoms with van der Waals surface area (Å²) in [5.74, 6) is 2.49. The Balaban J connectivity index is 1.79. The number of hydrogen-bond acceptors (Lipinski definition) is 8. The Morgan fingerprint density at radius 1 is 0.970 bits per heavy atom. The van der Waals surface area contributed by atoms with Crippen LogP contribution in [0, 0.1) is 0 Å². The van der Waals surface area contributed by atoms with Crippen molar-refractivity contribution in [2.75, 3.05) is 39.1 Å². The smallest absolute Gasteiger partial charge is 0.255 e. The number of anilines is 2. The van der Waals surface area contributed by atoms with Gasteiger partial charge in [-0.2, -0.15) is 10.1 Å². The van der Waals surface area contributed by atoms with Crippen LogP contribution in [-0.4, -0.2) is 49.1 Å². The standard InChI is InChI=1S/C23H25N5O5/c1-13-20(22(29)27-17-9-7-15(31-3)11-19(17)33-5)21(28-23(26-13)24-12-25-28)16-8-6-14(30-2)10-18(16)32-4/h6-12,21H,1-5H3,(H,27,29)(H,24,25,26)/t21-/m0/s1. The first kappa shape index (κ1) is 22.0. The van der Waals surface area contributed by atoms with Crippen LogP contribution in [0.4, 0.5) is 11.6 Å². The summed E-state index contributed by atoms with van der Waals surface area (Å²) in [6.07, 6.45) is 1.44. The average molecular weight is 451 g/mol. The molecule has 1 atom stereocenters. The van der Waals surface area contributed by atoms with Gasteiger partial charge < -0.3 is 29.6 Å². The number of methoxy groups -OCH3 is 4. The van der Waals surface area contributed by atoms with Gasteiger partial charge in [0, 0.05) is 23.4 Å². The lowest BCUT2D eigenvalue weighted by Gasteiger charge is -2.29. The quantitative estimate of drug-likeness (QED) is 0.564. The van der Waals surface area contributed by atoms with E-state index in [0.29, 0.717) is 45.9 Å². The maximum atomic E-state index is 13.6. The van der Waals surface area contributed by atoms with Gasteiger partial charge in [0.15, 0.2) is 0 Å². The summed E-state index contributed by atoms with van der Waals surface area (Å²) < 4.78 is 23.3. The molecule has 0 aliphatic carbocycles. The molecule has 0 saturated carbocycles. The predicted molar refractivity (Wildman–Crippen MR) is 122 cm³/mol. The Labute approximate surface area is 191 Å². The van der Waals surface area contributed by atoms with Crippen LogP contribution >= 0.6 is 0 Å². The fraction of sp³-hybridized carbons (Fsp3) is 0.261. The normalized spacial score (nSPS) is 14.8. The molecule has 10 heteroatoms. The van der Waals surface area contributed by atoms with Gasteiger partial charge in [-0.3, -0.25) is 4.79 Å². The van der Waals surface area contributed by atoms with Crippen molar-refractivity contribution >= 4 is 17.5 Å². The van der Waals surface area contributed by atoms with Crippen molar-refractivity contribution in [3.05, 3.63) is 59.6 Å². The highest BCUT2D eigenvalue weighted by Gasteiger charge is 2.35. The molecular formula is C23H25N5O5. The molecule has 0 saturated heterocycles. The lowest BCUT2D eigenvalue weighted by atomic mass is 9.94. The van der Waals surface area contributed by atoms with Crippen molar-refractivity contribution in [2.24, 2.45) is 0 Å². The van der Waals surface area contributed by atoms with Crippen molar-refractivity contribution in [3.63, 3.8) is 0 Å². The number of allylic oxidation sites excluding steroid dienone is 1. The summed E-state index contributed by atoms with van der Waals surface area (Å²) in [6, 6.07) is 10.0. The molecule has 10 nitrogen and oxygen atoms in total. The number of fused-ring (bicyclic) bond motifs is 1. The first-order chi connectivity index (χ1) is 16.0. The minimum atomic E-state index is -0.589. The van der Waals surface area contributed by atoms with Gasteiger partial charge in [-0.15, -0.1) is 0 Å². The maximum Gasteiger partial charge on any atom is 0.255 e. The molecule has 0 spiro atoms. The van der Waals surface area contributed by atoms with E-state index in [1.54, 1.807) is 50.3 Å². The topological polar surface area (TPSA) is 109 Å². The van der Waals surface area contributed by atoms with Crippen molar-refractivity contribution in [1.82, 2.24) is 14.8 Å². The van der Waals surface area contributed by atoms with Crippen LogP contribution < -0.4 is 29.6 Å². The van der Waals surface area contributed by atoms with Crippen molar-refractivity contribution in [1.29, 1.82) is 0 Å². The molecule has 172 valence electrons. The van der Waals surface area contributed by atoms with Gasteiger partial charge in [-0.25, -0.2) is 4.68 Å². The van der Waals surface area contributed by atoms with E-state index < -0.39 is 6.04 Å². The van der Waals surface area contributed by atoms with E-state index in [2.05, 4.69) is 20.7 Å². The number of amides is 1.